The van der Waals surface area contributed by atoms with E-state index in [0.717, 1.165) is 11.6 Å². The van der Waals surface area contributed by atoms with E-state index in [0.29, 0.717) is 16.2 Å². The lowest BCUT2D eigenvalue weighted by molar-refractivity contribution is 0.438. The molecule has 1 atom stereocenters. The summed E-state index contributed by atoms with van der Waals surface area (Å²) < 4.78 is 2.43. The van der Waals surface area contributed by atoms with Crippen LogP contribution in [0.5, 0.6) is 0 Å². The van der Waals surface area contributed by atoms with E-state index in [1.165, 1.54) is 12.8 Å². The molecule has 0 aliphatic heterocycles. The standard InChI is InChI=1S/C9H11N5S/c1-5(6-2-3-6)14-8-7(12-13-14)9(15)11-4-10-8/h4-6H,2-3H2,1H3,(H,10,11,15). The Kier molecular flexibility index (Phi) is 1.85. The highest BCUT2D eigenvalue weighted by Gasteiger charge is 2.30. The van der Waals surface area contributed by atoms with Crippen LogP contribution in [0, 0.1) is 10.6 Å². The van der Waals surface area contributed by atoms with Gasteiger partial charge in [0.2, 0.25) is 0 Å². The fourth-order valence-electron chi connectivity index (χ4n) is 1.85. The predicted octanol–water partition coefficient (Wildman–Crippen LogP) is 1.85. The first kappa shape index (κ1) is 8.96. The van der Waals surface area contributed by atoms with Crippen molar-refractivity contribution >= 4 is 23.4 Å². The number of rotatable bonds is 2. The third-order valence-electron chi connectivity index (χ3n) is 2.97. The first-order chi connectivity index (χ1) is 7.27. The average molecular weight is 221 g/mol. The van der Waals surface area contributed by atoms with Gasteiger partial charge in [0, 0.05) is 0 Å². The number of hydrogen-bond acceptors (Lipinski definition) is 4. The molecule has 3 rings (SSSR count). The Morgan fingerprint density at radius 2 is 2.40 bits per heavy atom. The van der Waals surface area contributed by atoms with Crippen LogP contribution in [0.3, 0.4) is 0 Å². The molecule has 15 heavy (non-hydrogen) atoms. The van der Waals surface area contributed by atoms with Gasteiger partial charge in [-0.3, -0.25) is 0 Å². The molecule has 1 N–H and O–H groups in total. The lowest BCUT2D eigenvalue weighted by Gasteiger charge is -2.09. The van der Waals surface area contributed by atoms with Crippen molar-refractivity contribution in [3.63, 3.8) is 0 Å². The minimum atomic E-state index is 0.392. The van der Waals surface area contributed by atoms with Crippen LogP contribution in [0.1, 0.15) is 25.8 Å². The van der Waals surface area contributed by atoms with Crippen LogP contribution in [-0.2, 0) is 0 Å². The maximum Gasteiger partial charge on any atom is 0.166 e. The molecule has 6 heteroatoms. The van der Waals surface area contributed by atoms with Crippen molar-refractivity contribution < 1.29 is 0 Å². The van der Waals surface area contributed by atoms with E-state index < -0.39 is 0 Å². The van der Waals surface area contributed by atoms with Gasteiger partial charge in [0.05, 0.1) is 12.4 Å². The minimum absolute atomic E-state index is 0.392. The summed E-state index contributed by atoms with van der Waals surface area (Å²) in [4.78, 5) is 7.05. The molecule has 2 heterocycles. The zero-order valence-corrected chi connectivity index (χ0v) is 9.16. The Balaban J connectivity index is 2.19. The van der Waals surface area contributed by atoms with E-state index in [1.807, 2.05) is 4.68 Å². The van der Waals surface area contributed by atoms with E-state index >= 15 is 0 Å². The van der Waals surface area contributed by atoms with Gasteiger partial charge in [0.25, 0.3) is 0 Å². The van der Waals surface area contributed by atoms with Crippen molar-refractivity contribution in [2.45, 2.75) is 25.8 Å². The van der Waals surface area contributed by atoms with Gasteiger partial charge in [0.15, 0.2) is 15.8 Å². The smallest absolute Gasteiger partial charge is 0.166 e. The van der Waals surface area contributed by atoms with Crippen LogP contribution in [0.15, 0.2) is 6.33 Å². The minimum Gasteiger partial charge on any atom is -0.329 e. The van der Waals surface area contributed by atoms with Crippen molar-refractivity contribution in [2.24, 2.45) is 5.92 Å². The highest BCUT2D eigenvalue weighted by atomic mass is 32.1. The van der Waals surface area contributed by atoms with Crippen LogP contribution >= 0.6 is 12.2 Å². The molecule has 1 aliphatic carbocycles. The molecule has 1 unspecified atom stereocenters. The first-order valence-corrected chi connectivity index (χ1v) is 5.47. The summed E-state index contributed by atoms with van der Waals surface area (Å²) in [5.74, 6) is 0.741. The highest BCUT2D eigenvalue weighted by molar-refractivity contribution is 7.71. The molecule has 1 saturated carbocycles. The lowest BCUT2D eigenvalue weighted by atomic mass is 10.2. The molecule has 0 spiro atoms. The van der Waals surface area contributed by atoms with Gasteiger partial charge in [0.1, 0.15) is 0 Å². The van der Waals surface area contributed by atoms with Gasteiger partial charge >= 0.3 is 0 Å². The second-order valence-electron chi connectivity index (χ2n) is 4.02. The molecular formula is C9H11N5S. The number of nitrogens with one attached hydrogen (secondary N) is 1. The van der Waals surface area contributed by atoms with Crippen molar-refractivity contribution in [1.82, 2.24) is 25.0 Å². The van der Waals surface area contributed by atoms with E-state index in [1.54, 1.807) is 6.33 Å². The summed E-state index contributed by atoms with van der Waals surface area (Å²) in [6, 6.07) is 0.392. The largest absolute Gasteiger partial charge is 0.329 e. The summed E-state index contributed by atoms with van der Waals surface area (Å²) >= 11 is 5.09. The quantitative estimate of drug-likeness (QED) is 0.786. The van der Waals surface area contributed by atoms with Gasteiger partial charge in [-0.25, -0.2) is 9.67 Å². The fourth-order valence-corrected chi connectivity index (χ4v) is 2.04. The molecule has 2 aromatic heterocycles. The first-order valence-electron chi connectivity index (χ1n) is 5.06. The molecule has 1 fully saturated rings. The van der Waals surface area contributed by atoms with Crippen molar-refractivity contribution in [1.29, 1.82) is 0 Å². The lowest BCUT2D eigenvalue weighted by Crippen LogP contribution is -2.09. The molecule has 0 radical (unpaired) electrons. The topological polar surface area (TPSA) is 59.4 Å². The maximum atomic E-state index is 5.09. The number of aromatic nitrogens is 5. The Hall–Kier alpha value is -1.30. The van der Waals surface area contributed by atoms with E-state index in [9.17, 15) is 0 Å². The second kappa shape index (κ2) is 3.10. The van der Waals surface area contributed by atoms with Gasteiger partial charge < -0.3 is 4.98 Å². The molecule has 0 saturated heterocycles. The molecule has 78 valence electrons. The van der Waals surface area contributed by atoms with Gasteiger partial charge in [-0.2, -0.15) is 0 Å². The predicted molar refractivity (Wildman–Crippen MR) is 57.9 cm³/mol. The normalized spacial score (nSPS) is 18.2. The van der Waals surface area contributed by atoms with Gasteiger partial charge in [-0.05, 0) is 25.7 Å². The molecule has 2 aromatic rings. The maximum absolute atomic E-state index is 5.09. The van der Waals surface area contributed by atoms with Crippen molar-refractivity contribution in [3.05, 3.63) is 11.0 Å². The zero-order valence-electron chi connectivity index (χ0n) is 8.34. The number of nitrogens with zero attached hydrogens (tertiary/aromatic N) is 4. The zero-order chi connectivity index (χ0) is 10.4. The van der Waals surface area contributed by atoms with E-state index in [-0.39, 0.29) is 0 Å². The number of hydrogen-bond donors (Lipinski definition) is 1. The van der Waals surface area contributed by atoms with E-state index in [2.05, 4.69) is 27.2 Å². The average Bonchev–Trinajstić information content (AvgIpc) is 2.98. The number of aromatic amines is 1. The number of fused-ring (bicyclic) bond motifs is 1. The van der Waals surface area contributed by atoms with Crippen LogP contribution in [0.2, 0.25) is 0 Å². The molecule has 0 aromatic carbocycles. The molecule has 0 bridgehead atoms. The molecule has 5 nitrogen and oxygen atoms in total. The molecular weight excluding hydrogens is 210 g/mol. The Labute approximate surface area is 91.5 Å². The molecule has 1 aliphatic rings. The summed E-state index contributed by atoms with van der Waals surface area (Å²) in [5.41, 5.74) is 1.58. The summed E-state index contributed by atoms with van der Waals surface area (Å²) in [6.45, 7) is 2.17. The van der Waals surface area contributed by atoms with Crippen LogP contribution in [0.4, 0.5) is 0 Å². The fraction of sp³-hybridized carbons (Fsp3) is 0.556. The third kappa shape index (κ3) is 1.36. The van der Waals surface area contributed by atoms with Crippen molar-refractivity contribution in [2.75, 3.05) is 0 Å². The SMILES string of the molecule is CC(C1CC1)n1nnc2c(=S)nc[nH]c21. The Bertz CT molecular complexity index is 553. The highest BCUT2D eigenvalue weighted by Crippen LogP contribution is 2.39. The Morgan fingerprint density at radius 3 is 3.13 bits per heavy atom. The van der Waals surface area contributed by atoms with Crippen LogP contribution in [-0.4, -0.2) is 25.0 Å². The summed E-state index contributed by atoms with van der Waals surface area (Å²) in [7, 11) is 0. The number of H-pyrrole nitrogens is 1. The molecule has 0 amide bonds. The third-order valence-corrected chi connectivity index (χ3v) is 3.27. The summed E-state index contributed by atoms with van der Waals surface area (Å²) in [5, 5.41) is 8.21. The monoisotopic (exact) mass is 221 g/mol. The van der Waals surface area contributed by atoms with Crippen LogP contribution < -0.4 is 0 Å². The second-order valence-corrected chi connectivity index (χ2v) is 4.40. The van der Waals surface area contributed by atoms with Gasteiger partial charge in [-0.15, -0.1) is 5.10 Å². The summed E-state index contributed by atoms with van der Waals surface area (Å²) in [6.07, 6.45) is 4.17. The van der Waals surface area contributed by atoms with E-state index in [4.69, 9.17) is 12.2 Å². The van der Waals surface area contributed by atoms with Crippen LogP contribution in [0.25, 0.3) is 11.2 Å². The van der Waals surface area contributed by atoms with Gasteiger partial charge in [-0.1, -0.05) is 17.4 Å². The van der Waals surface area contributed by atoms with Crippen molar-refractivity contribution in [3.8, 4) is 0 Å². The Morgan fingerprint density at radius 1 is 1.60 bits per heavy atom.